The van der Waals surface area contributed by atoms with E-state index in [0.29, 0.717) is 11.8 Å². The molecule has 2 atom stereocenters. The van der Waals surface area contributed by atoms with Crippen LogP contribution in [0.15, 0.2) is 11.8 Å². The van der Waals surface area contributed by atoms with Gasteiger partial charge >= 0.3 is 0 Å². The zero-order chi connectivity index (χ0) is 11.8. The Kier molecular flexibility index (Phi) is 2.95. The summed E-state index contributed by atoms with van der Waals surface area (Å²) < 4.78 is 0. The van der Waals surface area contributed by atoms with Gasteiger partial charge in [0.05, 0.1) is 0 Å². The summed E-state index contributed by atoms with van der Waals surface area (Å²) in [5, 5.41) is 0. The van der Waals surface area contributed by atoms with Gasteiger partial charge in [0.15, 0.2) is 5.78 Å². The fourth-order valence-electron chi connectivity index (χ4n) is 3.56. The largest absolute Gasteiger partial charge is 0.369 e. The summed E-state index contributed by atoms with van der Waals surface area (Å²) >= 11 is 0. The van der Waals surface area contributed by atoms with E-state index in [4.69, 9.17) is 0 Å². The Hall–Kier alpha value is -0.830. The smallest absolute Gasteiger partial charge is 0.157 e. The lowest BCUT2D eigenvalue weighted by atomic mass is 9.96. The summed E-state index contributed by atoms with van der Waals surface area (Å²) in [6.07, 6.45) is 7.66. The van der Waals surface area contributed by atoms with Gasteiger partial charge in [-0.2, -0.15) is 0 Å². The highest BCUT2D eigenvalue weighted by Gasteiger charge is 2.34. The Bertz CT molecular complexity index is 350. The molecule has 94 valence electrons. The third-order valence-corrected chi connectivity index (χ3v) is 4.51. The minimum absolute atomic E-state index is 0.318. The molecule has 1 aliphatic carbocycles. The van der Waals surface area contributed by atoms with Crippen molar-refractivity contribution in [3.63, 3.8) is 0 Å². The highest BCUT2D eigenvalue weighted by Crippen LogP contribution is 2.29. The lowest BCUT2D eigenvalue weighted by molar-refractivity contribution is -0.114. The Morgan fingerprint density at radius 1 is 1.24 bits per heavy atom. The van der Waals surface area contributed by atoms with Crippen molar-refractivity contribution in [1.29, 1.82) is 0 Å². The number of allylic oxidation sites excluding steroid dienone is 2. The van der Waals surface area contributed by atoms with Crippen molar-refractivity contribution < 1.29 is 4.79 Å². The van der Waals surface area contributed by atoms with E-state index in [9.17, 15) is 4.79 Å². The van der Waals surface area contributed by atoms with Crippen molar-refractivity contribution in [1.82, 2.24) is 9.80 Å². The van der Waals surface area contributed by atoms with Gasteiger partial charge in [0, 0.05) is 43.4 Å². The van der Waals surface area contributed by atoms with E-state index in [-0.39, 0.29) is 0 Å². The molecule has 3 aliphatic rings. The number of piperidine rings is 1. The molecule has 2 aliphatic heterocycles. The van der Waals surface area contributed by atoms with Gasteiger partial charge in [-0.3, -0.25) is 9.69 Å². The first kappa shape index (κ1) is 11.3. The lowest BCUT2D eigenvalue weighted by Crippen LogP contribution is -2.58. The minimum Gasteiger partial charge on any atom is -0.369 e. The molecule has 2 unspecified atom stereocenters. The van der Waals surface area contributed by atoms with Crippen LogP contribution in [0.1, 0.15) is 39.0 Å². The Balaban J connectivity index is 1.73. The Morgan fingerprint density at radius 3 is 2.88 bits per heavy atom. The van der Waals surface area contributed by atoms with Crippen LogP contribution in [0.5, 0.6) is 0 Å². The van der Waals surface area contributed by atoms with Crippen LogP contribution in [0.3, 0.4) is 0 Å². The van der Waals surface area contributed by atoms with Gasteiger partial charge in [-0.25, -0.2) is 0 Å². The number of piperazine rings is 1. The number of carbonyl (C=O) groups is 1. The van der Waals surface area contributed by atoms with Crippen LogP contribution in [0.2, 0.25) is 0 Å². The molecule has 0 aromatic rings. The standard InChI is InChI=1S/C14H22N2O/c1-11-9-15-7-3-2-4-13(15)10-16(11)12-5-6-14(17)8-12/h8,11,13H,2-7,9-10H2,1H3. The van der Waals surface area contributed by atoms with Crippen LogP contribution >= 0.6 is 0 Å². The summed E-state index contributed by atoms with van der Waals surface area (Å²) in [7, 11) is 0. The highest BCUT2D eigenvalue weighted by molar-refractivity contribution is 5.92. The number of carbonyl (C=O) groups excluding carboxylic acids is 1. The maximum absolute atomic E-state index is 11.4. The molecule has 0 saturated carbocycles. The number of ketones is 1. The molecule has 0 N–H and O–H groups in total. The molecular weight excluding hydrogens is 212 g/mol. The Morgan fingerprint density at radius 2 is 2.12 bits per heavy atom. The normalized spacial score (nSPS) is 34.8. The minimum atomic E-state index is 0.318. The van der Waals surface area contributed by atoms with E-state index in [1.807, 2.05) is 6.08 Å². The number of fused-ring (bicyclic) bond motifs is 1. The summed E-state index contributed by atoms with van der Waals surface area (Å²) in [6, 6.07) is 1.30. The van der Waals surface area contributed by atoms with E-state index < -0.39 is 0 Å². The van der Waals surface area contributed by atoms with Gasteiger partial charge < -0.3 is 4.90 Å². The van der Waals surface area contributed by atoms with Crippen molar-refractivity contribution in [2.24, 2.45) is 0 Å². The van der Waals surface area contributed by atoms with Crippen LogP contribution in [0, 0.1) is 0 Å². The molecule has 2 heterocycles. The fourth-order valence-corrected chi connectivity index (χ4v) is 3.56. The number of nitrogens with zero attached hydrogens (tertiary/aromatic N) is 2. The van der Waals surface area contributed by atoms with E-state index in [1.54, 1.807) is 0 Å². The van der Waals surface area contributed by atoms with Gasteiger partial charge in [-0.05, 0) is 32.7 Å². The summed E-state index contributed by atoms with van der Waals surface area (Å²) in [4.78, 5) is 16.5. The predicted octanol–water partition coefficient (Wildman–Crippen LogP) is 1.79. The molecule has 2 fully saturated rings. The van der Waals surface area contributed by atoms with Crippen LogP contribution in [-0.4, -0.2) is 47.3 Å². The van der Waals surface area contributed by atoms with E-state index >= 15 is 0 Å². The maximum Gasteiger partial charge on any atom is 0.157 e. The van der Waals surface area contributed by atoms with Gasteiger partial charge in [0.2, 0.25) is 0 Å². The quantitative estimate of drug-likeness (QED) is 0.691. The molecule has 17 heavy (non-hydrogen) atoms. The van der Waals surface area contributed by atoms with Crippen molar-refractivity contribution in [3.05, 3.63) is 11.8 Å². The summed E-state index contributed by atoms with van der Waals surface area (Å²) in [6.45, 7) is 5.89. The van der Waals surface area contributed by atoms with Gasteiger partial charge in [0.1, 0.15) is 0 Å². The summed E-state index contributed by atoms with van der Waals surface area (Å²) in [5.41, 5.74) is 1.30. The third kappa shape index (κ3) is 2.13. The summed E-state index contributed by atoms with van der Waals surface area (Å²) in [5.74, 6) is 0.318. The van der Waals surface area contributed by atoms with Crippen LogP contribution < -0.4 is 0 Å². The highest BCUT2D eigenvalue weighted by atomic mass is 16.1. The van der Waals surface area contributed by atoms with Crippen molar-refractivity contribution in [2.75, 3.05) is 19.6 Å². The van der Waals surface area contributed by atoms with E-state index in [1.165, 1.54) is 38.0 Å². The van der Waals surface area contributed by atoms with Gasteiger partial charge in [-0.1, -0.05) is 6.42 Å². The first-order valence-electron chi connectivity index (χ1n) is 6.98. The molecular formula is C14H22N2O. The zero-order valence-electron chi connectivity index (χ0n) is 10.7. The Labute approximate surface area is 103 Å². The molecule has 0 aromatic heterocycles. The lowest BCUT2D eigenvalue weighted by Gasteiger charge is -2.48. The molecule has 3 nitrogen and oxygen atoms in total. The predicted molar refractivity (Wildman–Crippen MR) is 67.7 cm³/mol. The first-order chi connectivity index (χ1) is 8.24. The molecule has 0 aromatic carbocycles. The third-order valence-electron chi connectivity index (χ3n) is 4.51. The second-order valence-corrected chi connectivity index (χ2v) is 5.75. The van der Waals surface area contributed by atoms with E-state index in [2.05, 4.69) is 16.7 Å². The van der Waals surface area contributed by atoms with Gasteiger partial charge in [-0.15, -0.1) is 0 Å². The van der Waals surface area contributed by atoms with E-state index in [0.717, 1.165) is 25.4 Å². The number of rotatable bonds is 1. The average molecular weight is 234 g/mol. The number of hydrogen-bond acceptors (Lipinski definition) is 3. The van der Waals surface area contributed by atoms with Crippen molar-refractivity contribution in [3.8, 4) is 0 Å². The van der Waals surface area contributed by atoms with Gasteiger partial charge in [0.25, 0.3) is 0 Å². The first-order valence-corrected chi connectivity index (χ1v) is 6.98. The fraction of sp³-hybridized carbons (Fsp3) is 0.786. The molecule has 0 amide bonds. The molecule has 0 radical (unpaired) electrons. The molecule has 0 bridgehead atoms. The second-order valence-electron chi connectivity index (χ2n) is 5.75. The molecule has 2 saturated heterocycles. The average Bonchev–Trinajstić information content (AvgIpc) is 2.75. The molecule has 0 spiro atoms. The monoisotopic (exact) mass is 234 g/mol. The van der Waals surface area contributed by atoms with Crippen LogP contribution in [-0.2, 0) is 4.79 Å². The second kappa shape index (κ2) is 4.45. The van der Waals surface area contributed by atoms with Crippen molar-refractivity contribution in [2.45, 2.75) is 51.1 Å². The SMILES string of the molecule is CC1CN2CCCCC2CN1C1=CC(=O)CC1. The van der Waals surface area contributed by atoms with Crippen LogP contribution in [0.4, 0.5) is 0 Å². The number of hydrogen-bond donors (Lipinski definition) is 0. The topological polar surface area (TPSA) is 23.6 Å². The zero-order valence-corrected chi connectivity index (χ0v) is 10.7. The maximum atomic E-state index is 11.4. The molecule has 3 heteroatoms. The van der Waals surface area contributed by atoms with Crippen LogP contribution in [0.25, 0.3) is 0 Å². The van der Waals surface area contributed by atoms with Crippen molar-refractivity contribution >= 4 is 5.78 Å². The molecule has 3 rings (SSSR count).